The van der Waals surface area contributed by atoms with Crippen molar-refractivity contribution in [2.45, 2.75) is 12.8 Å². The molecular formula is C15H17ClO3. The van der Waals surface area contributed by atoms with Crippen molar-refractivity contribution < 1.29 is 14.2 Å². The van der Waals surface area contributed by atoms with E-state index in [1.807, 2.05) is 18.2 Å². The maximum absolute atomic E-state index is 5.59. The van der Waals surface area contributed by atoms with Crippen LogP contribution in [0.1, 0.15) is 18.4 Å². The molecule has 2 rings (SSSR count). The fourth-order valence-electron chi connectivity index (χ4n) is 1.59. The third kappa shape index (κ3) is 4.66. The van der Waals surface area contributed by atoms with E-state index in [0.717, 1.165) is 23.8 Å². The monoisotopic (exact) mass is 280 g/mol. The van der Waals surface area contributed by atoms with Gasteiger partial charge in [0.05, 0.1) is 25.2 Å². The Labute approximate surface area is 118 Å². The van der Waals surface area contributed by atoms with Gasteiger partial charge in [-0.15, -0.1) is 11.6 Å². The lowest BCUT2D eigenvalue weighted by Gasteiger charge is -2.10. The third-order valence-corrected chi connectivity index (χ3v) is 2.96. The van der Waals surface area contributed by atoms with Crippen molar-refractivity contribution in [3.63, 3.8) is 0 Å². The molecule has 1 aromatic rings. The summed E-state index contributed by atoms with van der Waals surface area (Å²) >= 11 is 5.58. The second kappa shape index (κ2) is 7.28. The Morgan fingerprint density at radius 3 is 2.89 bits per heavy atom. The van der Waals surface area contributed by atoms with Crippen LogP contribution in [0, 0.1) is 17.8 Å². The highest BCUT2D eigenvalue weighted by atomic mass is 35.5. The molecule has 3 nitrogen and oxygen atoms in total. The summed E-state index contributed by atoms with van der Waals surface area (Å²) in [6.45, 7) is 1.03. The highest BCUT2D eigenvalue weighted by Gasteiger charge is 2.21. The predicted octanol–water partition coefficient (Wildman–Crippen LogP) is 3.05. The number of hydrogen-bond acceptors (Lipinski definition) is 3. The first-order valence-electron chi connectivity index (χ1n) is 6.27. The summed E-state index contributed by atoms with van der Waals surface area (Å²) in [5, 5.41) is 0. The van der Waals surface area contributed by atoms with Gasteiger partial charge in [-0.3, -0.25) is 0 Å². The predicted molar refractivity (Wildman–Crippen MR) is 74.8 cm³/mol. The van der Waals surface area contributed by atoms with Crippen LogP contribution < -0.4 is 9.47 Å². The van der Waals surface area contributed by atoms with Gasteiger partial charge in [-0.2, -0.15) is 0 Å². The smallest absolute Gasteiger partial charge is 0.189 e. The molecule has 0 heterocycles. The van der Waals surface area contributed by atoms with E-state index in [-0.39, 0.29) is 12.7 Å². The number of ether oxygens (including phenoxy) is 3. The average Bonchev–Trinajstić information content (AvgIpc) is 3.26. The van der Waals surface area contributed by atoms with Crippen LogP contribution in [-0.2, 0) is 4.74 Å². The van der Waals surface area contributed by atoms with E-state index < -0.39 is 0 Å². The Balaban J connectivity index is 1.95. The average molecular weight is 281 g/mol. The number of methoxy groups -OCH3 is 1. The number of rotatable bonds is 6. The van der Waals surface area contributed by atoms with Crippen LogP contribution in [0.2, 0.25) is 0 Å². The fraction of sp³-hybridized carbons (Fsp3) is 0.467. The Morgan fingerprint density at radius 2 is 2.21 bits per heavy atom. The summed E-state index contributed by atoms with van der Waals surface area (Å²) in [6.07, 6.45) is 2.55. The number of hydrogen-bond donors (Lipinski definition) is 0. The van der Waals surface area contributed by atoms with Crippen LogP contribution in [0.4, 0.5) is 0 Å². The number of alkyl halides is 1. The van der Waals surface area contributed by atoms with Gasteiger partial charge in [0.15, 0.2) is 6.79 Å². The van der Waals surface area contributed by atoms with Crippen molar-refractivity contribution in [2.24, 2.45) is 5.92 Å². The van der Waals surface area contributed by atoms with Gasteiger partial charge in [0.2, 0.25) is 0 Å². The Bertz CT molecular complexity index is 472. The molecule has 0 radical (unpaired) electrons. The molecule has 0 spiro atoms. The summed E-state index contributed by atoms with van der Waals surface area (Å²) in [5.74, 6) is 8.22. The van der Waals surface area contributed by atoms with Crippen molar-refractivity contribution in [1.29, 1.82) is 0 Å². The van der Waals surface area contributed by atoms with Gasteiger partial charge in [-0.25, -0.2) is 0 Å². The molecule has 1 fully saturated rings. The lowest BCUT2D eigenvalue weighted by atomic mass is 10.2. The molecule has 1 aliphatic rings. The standard InChI is InChI=1S/C15H17ClO3/c1-17-14-6-7-15(13(9-14)3-2-8-16)19-11-18-10-12-4-5-12/h6-7,9,12H,4-5,8,10-11H2,1H3. The summed E-state index contributed by atoms with van der Waals surface area (Å²) in [4.78, 5) is 0. The zero-order chi connectivity index (χ0) is 13.5. The van der Waals surface area contributed by atoms with Gasteiger partial charge < -0.3 is 14.2 Å². The van der Waals surface area contributed by atoms with E-state index in [1.165, 1.54) is 12.8 Å². The third-order valence-electron chi connectivity index (χ3n) is 2.82. The Morgan fingerprint density at radius 1 is 1.37 bits per heavy atom. The zero-order valence-electron chi connectivity index (χ0n) is 10.9. The SMILES string of the molecule is COc1ccc(OCOCC2CC2)c(C#CCCl)c1. The molecule has 4 heteroatoms. The summed E-state index contributed by atoms with van der Waals surface area (Å²) in [7, 11) is 1.62. The van der Waals surface area contributed by atoms with Crippen LogP contribution in [0.25, 0.3) is 0 Å². The van der Waals surface area contributed by atoms with E-state index in [9.17, 15) is 0 Å². The molecule has 1 aromatic carbocycles. The van der Waals surface area contributed by atoms with Crippen molar-refractivity contribution in [3.05, 3.63) is 23.8 Å². The van der Waals surface area contributed by atoms with Crippen LogP contribution in [-0.4, -0.2) is 26.4 Å². The Hall–Kier alpha value is -1.37. The molecule has 19 heavy (non-hydrogen) atoms. The van der Waals surface area contributed by atoms with Gasteiger partial charge >= 0.3 is 0 Å². The largest absolute Gasteiger partial charge is 0.497 e. The molecule has 0 unspecified atom stereocenters. The molecule has 0 saturated heterocycles. The normalized spacial score (nSPS) is 13.6. The lowest BCUT2D eigenvalue weighted by molar-refractivity contribution is 0.00980. The Kier molecular flexibility index (Phi) is 5.38. The lowest BCUT2D eigenvalue weighted by Crippen LogP contribution is -2.06. The molecule has 0 aromatic heterocycles. The molecule has 0 amide bonds. The van der Waals surface area contributed by atoms with Crippen molar-refractivity contribution in [3.8, 4) is 23.3 Å². The van der Waals surface area contributed by atoms with Crippen molar-refractivity contribution in [2.75, 3.05) is 26.4 Å². The van der Waals surface area contributed by atoms with Gasteiger partial charge in [0.25, 0.3) is 0 Å². The van der Waals surface area contributed by atoms with E-state index in [4.69, 9.17) is 25.8 Å². The summed E-state index contributed by atoms with van der Waals surface area (Å²) in [6, 6.07) is 5.50. The van der Waals surface area contributed by atoms with Crippen LogP contribution in [0.15, 0.2) is 18.2 Å². The first kappa shape index (κ1) is 14.0. The first-order valence-corrected chi connectivity index (χ1v) is 6.80. The molecule has 0 aliphatic heterocycles. The number of halogens is 1. The first-order chi connectivity index (χ1) is 9.33. The topological polar surface area (TPSA) is 27.7 Å². The second-order valence-corrected chi connectivity index (χ2v) is 4.64. The van der Waals surface area contributed by atoms with E-state index in [2.05, 4.69) is 11.8 Å². The minimum absolute atomic E-state index is 0.248. The minimum atomic E-state index is 0.248. The molecule has 0 N–H and O–H groups in total. The van der Waals surface area contributed by atoms with Crippen LogP contribution in [0.5, 0.6) is 11.5 Å². The van der Waals surface area contributed by atoms with E-state index in [0.29, 0.717) is 5.75 Å². The van der Waals surface area contributed by atoms with Crippen LogP contribution >= 0.6 is 11.6 Å². The van der Waals surface area contributed by atoms with E-state index >= 15 is 0 Å². The van der Waals surface area contributed by atoms with Gasteiger partial charge in [-0.05, 0) is 37.0 Å². The molecule has 102 valence electrons. The van der Waals surface area contributed by atoms with Gasteiger partial charge in [-0.1, -0.05) is 11.8 Å². The van der Waals surface area contributed by atoms with Crippen molar-refractivity contribution >= 4 is 11.6 Å². The highest BCUT2D eigenvalue weighted by molar-refractivity contribution is 6.19. The number of benzene rings is 1. The maximum atomic E-state index is 5.59. The fourth-order valence-corrected chi connectivity index (χ4v) is 1.66. The van der Waals surface area contributed by atoms with E-state index in [1.54, 1.807) is 7.11 Å². The van der Waals surface area contributed by atoms with Crippen LogP contribution in [0.3, 0.4) is 0 Å². The zero-order valence-corrected chi connectivity index (χ0v) is 11.7. The summed E-state index contributed by atoms with van der Waals surface area (Å²) in [5.41, 5.74) is 0.759. The molecular weight excluding hydrogens is 264 g/mol. The van der Waals surface area contributed by atoms with Crippen molar-refractivity contribution in [1.82, 2.24) is 0 Å². The molecule has 0 bridgehead atoms. The van der Waals surface area contributed by atoms with Gasteiger partial charge in [0, 0.05) is 0 Å². The molecule has 0 atom stereocenters. The maximum Gasteiger partial charge on any atom is 0.189 e. The molecule has 1 saturated carbocycles. The second-order valence-electron chi connectivity index (χ2n) is 4.37. The minimum Gasteiger partial charge on any atom is -0.497 e. The van der Waals surface area contributed by atoms with Gasteiger partial charge in [0.1, 0.15) is 11.5 Å². The summed E-state index contributed by atoms with van der Waals surface area (Å²) < 4.78 is 16.2. The highest BCUT2D eigenvalue weighted by Crippen LogP contribution is 2.29. The molecule has 1 aliphatic carbocycles. The quantitative estimate of drug-likeness (QED) is 0.347.